The Balaban J connectivity index is 2.01. The summed E-state index contributed by atoms with van der Waals surface area (Å²) in [6.07, 6.45) is 0.911. The van der Waals surface area contributed by atoms with Crippen LogP contribution in [0.1, 0.15) is 27.2 Å². The Morgan fingerprint density at radius 2 is 2.21 bits per heavy atom. The first-order chi connectivity index (χ1) is 8.85. The average molecular weight is 264 g/mol. The van der Waals surface area contributed by atoms with E-state index in [-0.39, 0.29) is 17.1 Å². The first-order valence-electron chi connectivity index (χ1n) is 6.29. The Kier molecular flexibility index (Phi) is 3.57. The normalized spacial score (nSPS) is 13.7. The van der Waals surface area contributed by atoms with Crippen LogP contribution < -0.4 is 16.7 Å². The zero-order chi connectivity index (χ0) is 14.0. The standard InChI is InChI=1S/C12H20N6O/c1-12(2,3)6-8(13)7-14-9-4-5-10-15-16-11(19)18(10)17-9/h4-5,8H,6-7,13H2,1-3H3,(H,14,17)(H,16,19). The van der Waals surface area contributed by atoms with E-state index in [9.17, 15) is 4.79 Å². The molecule has 0 aliphatic carbocycles. The van der Waals surface area contributed by atoms with Crippen LogP contribution in [0.4, 0.5) is 5.82 Å². The van der Waals surface area contributed by atoms with Crippen molar-refractivity contribution in [1.29, 1.82) is 0 Å². The van der Waals surface area contributed by atoms with Crippen molar-refractivity contribution in [3.63, 3.8) is 0 Å². The van der Waals surface area contributed by atoms with Crippen molar-refractivity contribution >= 4 is 11.5 Å². The van der Waals surface area contributed by atoms with E-state index in [0.29, 0.717) is 18.0 Å². The van der Waals surface area contributed by atoms with Crippen LogP contribution in [0.25, 0.3) is 5.65 Å². The van der Waals surface area contributed by atoms with Crippen LogP contribution in [0, 0.1) is 5.41 Å². The topological polar surface area (TPSA) is 101 Å². The highest BCUT2D eigenvalue weighted by Gasteiger charge is 2.15. The van der Waals surface area contributed by atoms with E-state index in [1.54, 1.807) is 12.1 Å². The van der Waals surface area contributed by atoms with Crippen molar-refractivity contribution in [2.45, 2.75) is 33.2 Å². The fourth-order valence-electron chi connectivity index (χ4n) is 1.99. The number of nitrogens with two attached hydrogens (primary N) is 1. The van der Waals surface area contributed by atoms with Crippen molar-refractivity contribution in [2.24, 2.45) is 11.1 Å². The van der Waals surface area contributed by atoms with Gasteiger partial charge in [0.05, 0.1) is 0 Å². The number of nitrogens with one attached hydrogen (secondary N) is 2. The number of hydrogen-bond acceptors (Lipinski definition) is 5. The molecular formula is C12H20N6O. The van der Waals surface area contributed by atoms with E-state index in [2.05, 4.69) is 41.4 Å². The minimum atomic E-state index is -0.349. The summed E-state index contributed by atoms with van der Waals surface area (Å²) in [5.41, 5.74) is 6.39. The fourth-order valence-corrected chi connectivity index (χ4v) is 1.99. The largest absolute Gasteiger partial charge is 0.367 e. The quantitative estimate of drug-likeness (QED) is 0.750. The zero-order valence-corrected chi connectivity index (χ0v) is 11.5. The minimum absolute atomic E-state index is 0.0403. The molecule has 0 fully saturated rings. The summed E-state index contributed by atoms with van der Waals surface area (Å²) in [5.74, 6) is 0.611. The lowest BCUT2D eigenvalue weighted by atomic mass is 9.88. The second kappa shape index (κ2) is 5.00. The van der Waals surface area contributed by atoms with Gasteiger partial charge in [0.2, 0.25) is 0 Å². The molecule has 0 saturated carbocycles. The number of fused-ring (bicyclic) bond motifs is 1. The minimum Gasteiger partial charge on any atom is -0.367 e. The number of rotatable bonds is 4. The maximum absolute atomic E-state index is 11.4. The molecule has 104 valence electrons. The molecule has 2 aromatic rings. The molecular weight excluding hydrogens is 244 g/mol. The van der Waals surface area contributed by atoms with Crippen molar-refractivity contribution < 1.29 is 0 Å². The van der Waals surface area contributed by atoms with Crippen LogP contribution in [0.5, 0.6) is 0 Å². The third-order valence-electron chi connectivity index (χ3n) is 2.69. The van der Waals surface area contributed by atoms with E-state index < -0.39 is 0 Å². The summed E-state index contributed by atoms with van der Waals surface area (Å²) in [4.78, 5) is 11.4. The van der Waals surface area contributed by atoms with Gasteiger partial charge in [-0.2, -0.15) is 9.61 Å². The summed E-state index contributed by atoms with van der Waals surface area (Å²) >= 11 is 0. The lowest BCUT2D eigenvalue weighted by Crippen LogP contribution is -2.33. The molecule has 4 N–H and O–H groups in total. The molecule has 0 spiro atoms. The van der Waals surface area contributed by atoms with E-state index >= 15 is 0 Å². The molecule has 2 rings (SSSR count). The lowest BCUT2D eigenvalue weighted by molar-refractivity contribution is 0.344. The summed E-state index contributed by atoms with van der Waals surface area (Å²) < 4.78 is 1.22. The fraction of sp³-hybridized carbons (Fsp3) is 0.583. The predicted octanol–water partition coefficient (Wildman–Crippen LogP) is 0.593. The second-order valence-electron chi connectivity index (χ2n) is 5.92. The molecule has 0 aliphatic rings. The highest BCUT2D eigenvalue weighted by atomic mass is 16.2. The SMILES string of the molecule is CC(C)(C)CC(N)CNc1ccc2n[nH]c(=O)n2n1. The summed E-state index contributed by atoms with van der Waals surface area (Å²) in [5, 5.41) is 13.4. The van der Waals surface area contributed by atoms with Gasteiger partial charge < -0.3 is 11.1 Å². The van der Waals surface area contributed by atoms with Crippen LogP contribution in [-0.2, 0) is 0 Å². The first-order valence-corrected chi connectivity index (χ1v) is 6.29. The number of hydrogen-bond donors (Lipinski definition) is 3. The second-order valence-corrected chi connectivity index (χ2v) is 5.92. The van der Waals surface area contributed by atoms with E-state index in [1.807, 2.05) is 0 Å². The van der Waals surface area contributed by atoms with E-state index in [1.165, 1.54) is 4.52 Å². The van der Waals surface area contributed by atoms with Crippen molar-refractivity contribution in [3.05, 3.63) is 22.6 Å². The van der Waals surface area contributed by atoms with Crippen molar-refractivity contribution in [1.82, 2.24) is 19.8 Å². The third-order valence-corrected chi connectivity index (χ3v) is 2.69. The first kappa shape index (κ1) is 13.5. The lowest BCUT2D eigenvalue weighted by Gasteiger charge is -2.23. The van der Waals surface area contributed by atoms with Gasteiger partial charge in [0, 0.05) is 12.6 Å². The number of aromatic nitrogens is 4. The van der Waals surface area contributed by atoms with Crippen LogP contribution in [0.2, 0.25) is 0 Å². The number of aromatic amines is 1. The van der Waals surface area contributed by atoms with Crippen LogP contribution in [0.15, 0.2) is 16.9 Å². The van der Waals surface area contributed by atoms with Gasteiger partial charge in [0.25, 0.3) is 0 Å². The van der Waals surface area contributed by atoms with Crippen LogP contribution >= 0.6 is 0 Å². The van der Waals surface area contributed by atoms with Gasteiger partial charge in [-0.3, -0.25) is 0 Å². The van der Waals surface area contributed by atoms with Crippen molar-refractivity contribution in [3.8, 4) is 0 Å². The average Bonchev–Trinajstić information content (AvgIpc) is 2.66. The highest BCUT2D eigenvalue weighted by Crippen LogP contribution is 2.19. The smallest absolute Gasteiger partial charge is 0.364 e. The molecule has 0 aliphatic heterocycles. The molecule has 1 unspecified atom stereocenters. The van der Waals surface area contributed by atoms with Gasteiger partial charge >= 0.3 is 5.69 Å². The summed E-state index contributed by atoms with van der Waals surface area (Å²) in [6, 6.07) is 3.54. The van der Waals surface area contributed by atoms with E-state index in [4.69, 9.17) is 5.73 Å². The Morgan fingerprint density at radius 3 is 2.89 bits per heavy atom. The zero-order valence-electron chi connectivity index (χ0n) is 11.5. The van der Waals surface area contributed by atoms with Gasteiger partial charge in [-0.1, -0.05) is 20.8 Å². The molecule has 0 amide bonds. The molecule has 1 atom stereocenters. The molecule has 0 radical (unpaired) electrons. The molecule has 2 heterocycles. The summed E-state index contributed by atoms with van der Waals surface area (Å²) in [7, 11) is 0. The Hall–Kier alpha value is -1.89. The maximum atomic E-state index is 11.4. The Labute approximate surface area is 111 Å². The molecule has 0 bridgehead atoms. The Morgan fingerprint density at radius 1 is 1.47 bits per heavy atom. The number of H-pyrrole nitrogens is 1. The molecule has 0 saturated heterocycles. The van der Waals surface area contributed by atoms with Crippen LogP contribution in [0.3, 0.4) is 0 Å². The van der Waals surface area contributed by atoms with Gasteiger partial charge in [0.15, 0.2) is 5.65 Å². The molecule has 19 heavy (non-hydrogen) atoms. The monoisotopic (exact) mass is 264 g/mol. The number of anilines is 1. The predicted molar refractivity (Wildman–Crippen MR) is 74.1 cm³/mol. The van der Waals surface area contributed by atoms with Gasteiger partial charge in [-0.05, 0) is 24.0 Å². The Bertz CT molecular complexity index is 608. The third kappa shape index (κ3) is 3.54. The highest BCUT2D eigenvalue weighted by molar-refractivity contribution is 5.42. The maximum Gasteiger partial charge on any atom is 0.364 e. The van der Waals surface area contributed by atoms with Crippen LogP contribution in [-0.4, -0.2) is 32.4 Å². The molecule has 7 nitrogen and oxygen atoms in total. The van der Waals surface area contributed by atoms with Crippen molar-refractivity contribution in [2.75, 3.05) is 11.9 Å². The number of nitrogens with zero attached hydrogens (tertiary/aromatic N) is 3. The van der Waals surface area contributed by atoms with E-state index in [0.717, 1.165) is 6.42 Å². The summed E-state index contributed by atoms with van der Waals surface area (Å²) in [6.45, 7) is 7.08. The van der Waals surface area contributed by atoms with Gasteiger partial charge in [-0.25, -0.2) is 9.89 Å². The molecule has 7 heteroatoms. The molecule has 0 aromatic carbocycles. The van der Waals surface area contributed by atoms with Gasteiger partial charge in [0.1, 0.15) is 5.82 Å². The molecule has 2 aromatic heterocycles. The van der Waals surface area contributed by atoms with Gasteiger partial charge in [-0.15, -0.1) is 5.10 Å².